The van der Waals surface area contributed by atoms with Crippen LogP contribution in [-0.4, -0.2) is 33.4 Å². The number of rotatable bonds is 3. The molecule has 2 aromatic rings. The molecule has 5 heteroatoms. The number of nitrogens with one attached hydrogen (secondary N) is 1. The van der Waals surface area contributed by atoms with Crippen molar-refractivity contribution >= 4 is 5.91 Å². The van der Waals surface area contributed by atoms with E-state index in [9.17, 15) is 9.18 Å². The molecule has 0 unspecified atom stereocenters. The summed E-state index contributed by atoms with van der Waals surface area (Å²) in [5.74, 6) is 0.683. The van der Waals surface area contributed by atoms with Gasteiger partial charge in [0.15, 0.2) is 0 Å². The number of aromatic amines is 1. The SMILES string of the molecule is CC(C)N1C[C@H](c2ncc(-c3ccccc3F)[nH]2)CC1=O. The predicted octanol–water partition coefficient (Wildman–Crippen LogP) is 2.94. The second-order valence-corrected chi connectivity index (χ2v) is 5.70. The lowest BCUT2D eigenvalue weighted by Gasteiger charge is -2.20. The minimum Gasteiger partial charge on any atom is -0.342 e. The first-order chi connectivity index (χ1) is 10.1. The van der Waals surface area contributed by atoms with Crippen molar-refractivity contribution in [1.29, 1.82) is 0 Å². The highest BCUT2D eigenvalue weighted by Gasteiger charge is 2.33. The number of carbonyl (C=O) groups excluding carboxylic acids is 1. The van der Waals surface area contributed by atoms with E-state index in [0.717, 1.165) is 5.82 Å². The Bertz CT molecular complexity index is 665. The normalized spacial score (nSPS) is 18.8. The Kier molecular flexibility index (Phi) is 3.49. The minimum absolute atomic E-state index is 0.0559. The van der Waals surface area contributed by atoms with E-state index in [1.165, 1.54) is 6.07 Å². The first-order valence-electron chi connectivity index (χ1n) is 7.15. The second-order valence-electron chi connectivity index (χ2n) is 5.70. The van der Waals surface area contributed by atoms with Gasteiger partial charge in [0.25, 0.3) is 0 Å². The molecule has 1 aromatic carbocycles. The Balaban J connectivity index is 1.84. The number of hydrogen-bond donors (Lipinski definition) is 1. The number of benzene rings is 1. The summed E-state index contributed by atoms with van der Waals surface area (Å²) >= 11 is 0. The van der Waals surface area contributed by atoms with Crippen molar-refractivity contribution in [3.8, 4) is 11.3 Å². The summed E-state index contributed by atoms with van der Waals surface area (Å²) in [4.78, 5) is 21.3. The number of amides is 1. The molecule has 1 aromatic heterocycles. The lowest BCUT2D eigenvalue weighted by atomic mass is 10.1. The third kappa shape index (κ3) is 2.55. The smallest absolute Gasteiger partial charge is 0.223 e. The van der Waals surface area contributed by atoms with Crippen LogP contribution in [0.25, 0.3) is 11.3 Å². The van der Waals surface area contributed by atoms with E-state index in [4.69, 9.17) is 0 Å². The molecule has 0 saturated carbocycles. The quantitative estimate of drug-likeness (QED) is 0.943. The van der Waals surface area contributed by atoms with Crippen molar-refractivity contribution in [2.24, 2.45) is 0 Å². The topological polar surface area (TPSA) is 49.0 Å². The Morgan fingerprint density at radius 3 is 2.81 bits per heavy atom. The van der Waals surface area contributed by atoms with Crippen LogP contribution in [0.5, 0.6) is 0 Å². The predicted molar refractivity (Wildman–Crippen MR) is 78.2 cm³/mol. The molecule has 0 aliphatic carbocycles. The zero-order chi connectivity index (χ0) is 15.0. The van der Waals surface area contributed by atoms with Crippen LogP contribution < -0.4 is 0 Å². The molecule has 1 aliphatic rings. The van der Waals surface area contributed by atoms with E-state index >= 15 is 0 Å². The summed E-state index contributed by atoms with van der Waals surface area (Å²) in [6.45, 7) is 4.68. The van der Waals surface area contributed by atoms with Crippen molar-refractivity contribution in [3.63, 3.8) is 0 Å². The standard InChI is InChI=1S/C16H18FN3O/c1-10(2)20-9-11(7-15(20)21)16-18-8-14(19-16)12-5-3-4-6-13(12)17/h3-6,8,10-11H,7,9H2,1-2H3,(H,18,19)/t11-/m1/s1. The first-order valence-corrected chi connectivity index (χ1v) is 7.15. The minimum atomic E-state index is -0.279. The fraction of sp³-hybridized carbons (Fsp3) is 0.375. The summed E-state index contributed by atoms with van der Waals surface area (Å²) < 4.78 is 13.8. The molecule has 4 nitrogen and oxygen atoms in total. The van der Waals surface area contributed by atoms with Gasteiger partial charge >= 0.3 is 0 Å². The molecule has 0 radical (unpaired) electrons. The van der Waals surface area contributed by atoms with Crippen LogP contribution in [0.2, 0.25) is 0 Å². The zero-order valence-corrected chi connectivity index (χ0v) is 12.1. The number of H-pyrrole nitrogens is 1. The molecule has 1 amide bonds. The van der Waals surface area contributed by atoms with E-state index in [0.29, 0.717) is 24.2 Å². The van der Waals surface area contributed by atoms with Crippen molar-refractivity contribution < 1.29 is 9.18 Å². The van der Waals surface area contributed by atoms with Crippen molar-refractivity contribution in [3.05, 3.63) is 42.1 Å². The highest BCUT2D eigenvalue weighted by Crippen LogP contribution is 2.29. The van der Waals surface area contributed by atoms with Gasteiger partial charge in [-0.25, -0.2) is 9.37 Å². The maximum atomic E-state index is 13.8. The maximum absolute atomic E-state index is 13.8. The van der Waals surface area contributed by atoms with Gasteiger partial charge in [0, 0.05) is 30.5 Å². The average Bonchev–Trinajstić information content (AvgIpc) is 3.05. The molecule has 3 rings (SSSR count). The Morgan fingerprint density at radius 2 is 2.14 bits per heavy atom. The van der Waals surface area contributed by atoms with E-state index in [2.05, 4.69) is 9.97 Å². The van der Waals surface area contributed by atoms with Crippen LogP contribution in [-0.2, 0) is 4.79 Å². The van der Waals surface area contributed by atoms with Gasteiger partial charge < -0.3 is 9.88 Å². The van der Waals surface area contributed by atoms with Crippen LogP contribution in [0, 0.1) is 5.82 Å². The fourth-order valence-electron chi connectivity index (χ4n) is 2.77. The van der Waals surface area contributed by atoms with Gasteiger partial charge in [0.1, 0.15) is 11.6 Å². The zero-order valence-electron chi connectivity index (χ0n) is 12.1. The second kappa shape index (κ2) is 5.31. The molecule has 110 valence electrons. The molecule has 2 heterocycles. The van der Waals surface area contributed by atoms with Gasteiger partial charge in [-0.2, -0.15) is 0 Å². The molecule has 0 spiro atoms. The molecule has 1 atom stereocenters. The monoisotopic (exact) mass is 287 g/mol. The highest BCUT2D eigenvalue weighted by atomic mass is 19.1. The number of nitrogens with zero attached hydrogens (tertiary/aromatic N) is 2. The van der Waals surface area contributed by atoms with E-state index in [1.807, 2.05) is 18.7 Å². The number of aromatic nitrogens is 2. The Morgan fingerprint density at radius 1 is 1.38 bits per heavy atom. The molecule has 1 fully saturated rings. The van der Waals surface area contributed by atoms with Gasteiger partial charge in [0.2, 0.25) is 5.91 Å². The van der Waals surface area contributed by atoms with Crippen molar-refractivity contribution in [1.82, 2.24) is 14.9 Å². The van der Waals surface area contributed by atoms with Crippen molar-refractivity contribution in [2.45, 2.75) is 32.2 Å². The van der Waals surface area contributed by atoms with Gasteiger partial charge in [0.05, 0.1) is 11.9 Å². The average molecular weight is 287 g/mol. The van der Waals surface area contributed by atoms with Gasteiger partial charge in [-0.05, 0) is 26.0 Å². The van der Waals surface area contributed by atoms with Crippen LogP contribution in [0.15, 0.2) is 30.5 Å². The first kappa shape index (κ1) is 13.8. The molecule has 1 saturated heterocycles. The molecular weight excluding hydrogens is 269 g/mol. The summed E-state index contributed by atoms with van der Waals surface area (Å²) in [5, 5.41) is 0. The number of carbonyl (C=O) groups is 1. The maximum Gasteiger partial charge on any atom is 0.223 e. The number of imidazole rings is 1. The Labute approximate surface area is 123 Å². The number of likely N-dealkylation sites (tertiary alicyclic amines) is 1. The van der Waals surface area contributed by atoms with Crippen molar-refractivity contribution in [2.75, 3.05) is 6.54 Å². The molecule has 1 aliphatic heterocycles. The van der Waals surface area contributed by atoms with Crippen LogP contribution in [0.3, 0.4) is 0 Å². The summed E-state index contributed by atoms with van der Waals surface area (Å²) in [7, 11) is 0. The molecular formula is C16H18FN3O. The van der Waals surface area contributed by atoms with Gasteiger partial charge in [-0.15, -0.1) is 0 Å². The summed E-state index contributed by atoms with van der Waals surface area (Å²) in [6.07, 6.45) is 2.10. The molecule has 1 N–H and O–H groups in total. The lowest BCUT2D eigenvalue weighted by molar-refractivity contribution is -0.129. The van der Waals surface area contributed by atoms with E-state index in [-0.39, 0.29) is 23.7 Å². The molecule has 21 heavy (non-hydrogen) atoms. The molecule has 0 bridgehead atoms. The van der Waals surface area contributed by atoms with E-state index < -0.39 is 0 Å². The largest absolute Gasteiger partial charge is 0.342 e. The lowest BCUT2D eigenvalue weighted by Crippen LogP contribution is -2.31. The van der Waals surface area contributed by atoms with Gasteiger partial charge in [-0.3, -0.25) is 4.79 Å². The van der Waals surface area contributed by atoms with Crippen LogP contribution in [0.4, 0.5) is 4.39 Å². The summed E-state index contributed by atoms with van der Waals surface area (Å²) in [5.41, 5.74) is 1.15. The van der Waals surface area contributed by atoms with E-state index in [1.54, 1.807) is 24.4 Å². The third-order valence-electron chi connectivity index (χ3n) is 3.93. The fourth-order valence-corrected chi connectivity index (χ4v) is 2.77. The van der Waals surface area contributed by atoms with Crippen LogP contribution in [0.1, 0.15) is 32.0 Å². The van der Waals surface area contributed by atoms with Crippen LogP contribution >= 0.6 is 0 Å². The Hall–Kier alpha value is -2.17. The number of hydrogen-bond acceptors (Lipinski definition) is 2. The summed E-state index contributed by atoms with van der Waals surface area (Å²) in [6, 6.07) is 6.79. The highest BCUT2D eigenvalue weighted by molar-refractivity contribution is 5.79. The third-order valence-corrected chi connectivity index (χ3v) is 3.93. The van der Waals surface area contributed by atoms with Gasteiger partial charge in [-0.1, -0.05) is 12.1 Å². The number of halogens is 1.